The Kier molecular flexibility index (Phi) is 5.64. The minimum Gasteiger partial charge on any atom is -0.326 e. The van der Waals surface area contributed by atoms with Crippen molar-refractivity contribution >= 4 is 17.7 Å². The van der Waals surface area contributed by atoms with Crippen molar-refractivity contribution in [2.24, 2.45) is 0 Å². The molecule has 0 saturated heterocycles. The number of hydrogen-bond acceptors (Lipinski definition) is 5. The molecule has 0 N–H and O–H groups in total. The third-order valence-corrected chi connectivity index (χ3v) is 6.99. The minimum absolute atomic E-state index is 0.0255. The molecule has 0 unspecified atom stereocenters. The van der Waals surface area contributed by atoms with E-state index in [9.17, 15) is 10.1 Å². The van der Waals surface area contributed by atoms with E-state index in [0.29, 0.717) is 11.1 Å². The summed E-state index contributed by atoms with van der Waals surface area (Å²) in [6.45, 7) is 1.89. The van der Waals surface area contributed by atoms with E-state index >= 15 is 0 Å². The molecule has 0 bridgehead atoms. The summed E-state index contributed by atoms with van der Waals surface area (Å²) in [7, 11) is 1.78. The van der Waals surface area contributed by atoms with E-state index < -0.39 is 5.54 Å². The highest BCUT2D eigenvalue weighted by molar-refractivity contribution is 8.00. The molecular weight excluding hydrogens is 382 g/mol. The number of nitriles is 1. The van der Waals surface area contributed by atoms with Gasteiger partial charge in [-0.1, -0.05) is 49.2 Å². The van der Waals surface area contributed by atoms with Crippen molar-refractivity contribution in [3.8, 4) is 11.8 Å². The van der Waals surface area contributed by atoms with Crippen LogP contribution < -0.4 is 0 Å². The summed E-state index contributed by atoms with van der Waals surface area (Å²) in [6.07, 6.45) is 6.93. The van der Waals surface area contributed by atoms with E-state index in [1.807, 2.05) is 41.9 Å². The van der Waals surface area contributed by atoms with Crippen LogP contribution in [0.15, 0.2) is 35.5 Å². The fourth-order valence-corrected chi connectivity index (χ4v) is 4.92. The van der Waals surface area contributed by atoms with Crippen LogP contribution in [0.1, 0.15) is 63.6 Å². The van der Waals surface area contributed by atoms with E-state index in [1.54, 1.807) is 11.9 Å². The summed E-state index contributed by atoms with van der Waals surface area (Å²) < 4.78 is 1.92. The largest absolute Gasteiger partial charge is 0.326 e. The van der Waals surface area contributed by atoms with E-state index in [1.165, 1.54) is 11.8 Å². The quantitative estimate of drug-likeness (QED) is 0.665. The van der Waals surface area contributed by atoms with Crippen LogP contribution in [-0.2, 0) is 4.79 Å². The molecule has 7 heteroatoms. The molecule has 1 aromatic heterocycles. The topological polar surface area (TPSA) is 74.8 Å². The zero-order valence-electron chi connectivity index (χ0n) is 17.0. The molecule has 2 aliphatic rings. The number of thioether (sulfide) groups is 1. The Balaban J connectivity index is 1.52. The van der Waals surface area contributed by atoms with E-state index in [2.05, 4.69) is 6.07 Å². The SMILES string of the molecule is C[C@@H](Sc1nc(C2CC2)n(-c2ccccc2)n1)C(=O)N(C)C1(C#N)CCCCC1. The Morgan fingerprint density at radius 3 is 2.59 bits per heavy atom. The maximum Gasteiger partial charge on any atom is 0.236 e. The first-order chi connectivity index (χ1) is 14.0. The van der Waals surface area contributed by atoms with Crippen molar-refractivity contribution in [2.75, 3.05) is 7.05 Å². The predicted molar refractivity (Wildman–Crippen MR) is 113 cm³/mol. The second kappa shape index (κ2) is 8.19. The number of aromatic nitrogens is 3. The molecule has 6 nitrogen and oxygen atoms in total. The second-order valence-corrected chi connectivity index (χ2v) is 9.44. The molecule has 4 rings (SSSR count). The van der Waals surface area contributed by atoms with Crippen molar-refractivity contribution in [1.82, 2.24) is 19.7 Å². The predicted octanol–water partition coefficient (Wildman–Crippen LogP) is 4.31. The maximum absolute atomic E-state index is 13.1. The van der Waals surface area contributed by atoms with E-state index in [0.717, 1.165) is 56.5 Å². The zero-order chi connectivity index (χ0) is 20.4. The van der Waals surface area contributed by atoms with Crippen molar-refractivity contribution < 1.29 is 4.79 Å². The molecule has 2 saturated carbocycles. The third kappa shape index (κ3) is 4.04. The van der Waals surface area contributed by atoms with Gasteiger partial charge >= 0.3 is 0 Å². The smallest absolute Gasteiger partial charge is 0.236 e. The lowest BCUT2D eigenvalue weighted by atomic mass is 9.81. The average Bonchev–Trinajstić information content (AvgIpc) is 3.53. The first-order valence-corrected chi connectivity index (χ1v) is 11.3. The number of amides is 1. The first kappa shape index (κ1) is 20.0. The molecule has 1 aromatic carbocycles. The van der Waals surface area contributed by atoms with E-state index in [4.69, 9.17) is 10.1 Å². The van der Waals surface area contributed by atoms with Gasteiger partial charge in [-0.05, 0) is 44.7 Å². The molecule has 1 amide bonds. The monoisotopic (exact) mass is 409 g/mol. The fourth-order valence-electron chi connectivity index (χ4n) is 4.07. The van der Waals surface area contributed by atoms with Gasteiger partial charge in [0.15, 0.2) is 0 Å². The van der Waals surface area contributed by atoms with Gasteiger partial charge in [0.2, 0.25) is 11.1 Å². The standard InChI is InChI=1S/C22H27N5OS/c1-16(20(28)26(2)22(15-23)13-7-4-8-14-22)29-21-24-19(17-11-12-17)27(25-21)18-9-5-3-6-10-18/h3,5-6,9-10,16-17H,4,7-8,11-14H2,1-2H3/t16-/m1/s1. The molecule has 29 heavy (non-hydrogen) atoms. The highest BCUT2D eigenvalue weighted by Crippen LogP contribution is 2.41. The van der Waals surface area contributed by atoms with Crippen molar-refractivity contribution in [2.45, 2.75) is 73.7 Å². The third-order valence-electron chi connectivity index (χ3n) is 6.05. The van der Waals surface area contributed by atoms with Gasteiger partial charge in [0.25, 0.3) is 0 Å². The molecule has 0 spiro atoms. The minimum atomic E-state index is -0.667. The lowest BCUT2D eigenvalue weighted by molar-refractivity contribution is -0.133. The van der Waals surface area contributed by atoms with Crippen LogP contribution in [-0.4, -0.2) is 43.4 Å². The van der Waals surface area contributed by atoms with Gasteiger partial charge in [0.1, 0.15) is 11.4 Å². The summed E-state index contributed by atoms with van der Waals surface area (Å²) in [5, 5.41) is 14.8. The number of benzene rings is 1. The first-order valence-electron chi connectivity index (χ1n) is 10.4. The molecule has 2 fully saturated rings. The highest BCUT2D eigenvalue weighted by atomic mass is 32.2. The van der Waals surface area contributed by atoms with Crippen LogP contribution in [0.25, 0.3) is 5.69 Å². The number of para-hydroxylation sites is 1. The van der Waals surface area contributed by atoms with Crippen LogP contribution in [0.4, 0.5) is 0 Å². The summed E-state index contributed by atoms with van der Waals surface area (Å²) in [6, 6.07) is 12.5. The zero-order valence-corrected chi connectivity index (χ0v) is 17.9. The van der Waals surface area contributed by atoms with Gasteiger partial charge in [-0.15, -0.1) is 5.10 Å². The Labute approximate surface area is 176 Å². The number of carbonyl (C=O) groups is 1. The van der Waals surface area contributed by atoms with Gasteiger partial charge in [0.05, 0.1) is 17.0 Å². The molecule has 0 aliphatic heterocycles. The summed E-state index contributed by atoms with van der Waals surface area (Å²) >= 11 is 1.38. The second-order valence-electron chi connectivity index (χ2n) is 8.14. The molecule has 2 aromatic rings. The van der Waals surface area contributed by atoms with Crippen LogP contribution in [0, 0.1) is 11.3 Å². The normalized spacial score (nSPS) is 19.3. The van der Waals surface area contributed by atoms with Gasteiger partial charge in [-0.2, -0.15) is 5.26 Å². The highest BCUT2D eigenvalue weighted by Gasteiger charge is 2.40. The van der Waals surface area contributed by atoms with Crippen molar-refractivity contribution in [1.29, 1.82) is 5.26 Å². The number of rotatable bonds is 6. The Morgan fingerprint density at radius 1 is 1.28 bits per heavy atom. The number of hydrogen-bond donors (Lipinski definition) is 0. The molecule has 2 aliphatic carbocycles. The summed E-state index contributed by atoms with van der Waals surface area (Å²) in [5.41, 5.74) is 0.329. The number of nitrogens with zero attached hydrogens (tertiary/aromatic N) is 5. The molecule has 1 atom stereocenters. The Bertz CT molecular complexity index is 909. The van der Waals surface area contributed by atoms with Gasteiger partial charge in [0, 0.05) is 13.0 Å². The molecule has 1 heterocycles. The lowest BCUT2D eigenvalue weighted by Crippen LogP contribution is -2.52. The van der Waals surface area contributed by atoms with Gasteiger partial charge in [-0.3, -0.25) is 4.79 Å². The molecular formula is C22H27N5OS. The summed E-state index contributed by atoms with van der Waals surface area (Å²) in [4.78, 5) is 19.6. The summed E-state index contributed by atoms with van der Waals surface area (Å²) in [5.74, 6) is 1.41. The van der Waals surface area contributed by atoms with Crippen LogP contribution in [0.2, 0.25) is 0 Å². The Hall–Kier alpha value is -2.33. The van der Waals surface area contributed by atoms with Crippen LogP contribution >= 0.6 is 11.8 Å². The van der Waals surface area contributed by atoms with Gasteiger partial charge in [-0.25, -0.2) is 9.67 Å². The average molecular weight is 410 g/mol. The Morgan fingerprint density at radius 2 is 1.97 bits per heavy atom. The fraction of sp³-hybridized carbons (Fsp3) is 0.545. The van der Waals surface area contributed by atoms with Crippen LogP contribution in [0.3, 0.4) is 0 Å². The van der Waals surface area contributed by atoms with E-state index in [-0.39, 0.29) is 11.2 Å². The lowest BCUT2D eigenvalue weighted by Gasteiger charge is -2.39. The van der Waals surface area contributed by atoms with Crippen molar-refractivity contribution in [3.63, 3.8) is 0 Å². The number of carbonyl (C=O) groups excluding carboxylic acids is 1. The maximum atomic E-state index is 13.1. The molecule has 0 radical (unpaired) electrons. The van der Waals surface area contributed by atoms with Gasteiger partial charge < -0.3 is 4.90 Å². The van der Waals surface area contributed by atoms with Crippen molar-refractivity contribution in [3.05, 3.63) is 36.2 Å². The molecule has 152 valence electrons. The van der Waals surface area contributed by atoms with Crippen LogP contribution in [0.5, 0.6) is 0 Å².